The summed E-state index contributed by atoms with van der Waals surface area (Å²) >= 11 is 0. The fraction of sp³-hybridized carbons (Fsp3) is 0.687. The van der Waals surface area contributed by atoms with Crippen molar-refractivity contribution in [2.45, 2.75) is 354 Å². The Labute approximate surface area is 546 Å². The van der Waals surface area contributed by atoms with Crippen LogP contribution in [0.25, 0.3) is 0 Å². The molecule has 0 aliphatic heterocycles. The lowest BCUT2D eigenvalue weighted by Gasteiger charge is -2.15. The Kier molecular flexibility index (Phi) is 73.3. The first-order valence-electron chi connectivity index (χ1n) is 37.4. The van der Waals surface area contributed by atoms with Crippen LogP contribution in [0.4, 0.5) is 0 Å². The smallest absolute Gasteiger partial charge is 0.306 e. The normalized spacial score (nSPS) is 13.1. The number of aliphatic hydroxyl groups excluding tert-OH is 1. The van der Waals surface area contributed by atoms with E-state index >= 15 is 0 Å². The SMILES string of the molecule is CC/C=C\C/C=C\C/C=C\C/C=C\C/C=C\C/C=C\C/C=C\C/C=C\C/C=C\C/C=C\CCCCCCCCCCCCC(=O)OC(CO)COC(=O)CCCCCCCCCCCCCCCCCCCCCCC/C=C\C/C=C\CCCCCCC. The Morgan fingerprint density at radius 3 is 0.739 bits per heavy atom. The number of allylic oxidation sites excluding steroid dienone is 24. The lowest BCUT2D eigenvalue weighted by atomic mass is 10.0. The lowest BCUT2D eigenvalue weighted by Crippen LogP contribution is -2.28. The third-order valence-electron chi connectivity index (χ3n) is 16.1. The molecular weight excluding hydrogens is 1080 g/mol. The van der Waals surface area contributed by atoms with Gasteiger partial charge < -0.3 is 14.6 Å². The Bertz CT molecular complexity index is 1810. The van der Waals surface area contributed by atoms with Gasteiger partial charge in [-0.2, -0.15) is 0 Å². The molecule has 502 valence electrons. The zero-order valence-electron chi connectivity index (χ0n) is 57.7. The van der Waals surface area contributed by atoms with E-state index in [9.17, 15) is 14.7 Å². The maximum Gasteiger partial charge on any atom is 0.306 e. The topological polar surface area (TPSA) is 72.8 Å². The summed E-state index contributed by atoms with van der Waals surface area (Å²) in [5.74, 6) is -0.589. The summed E-state index contributed by atoms with van der Waals surface area (Å²) in [5.41, 5.74) is 0. The first kappa shape index (κ1) is 83.8. The molecule has 0 spiro atoms. The number of unbranched alkanes of at least 4 members (excludes halogenated alkanes) is 36. The van der Waals surface area contributed by atoms with Crippen molar-refractivity contribution in [1.29, 1.82) is 0 Å². The molecule has 0 rings (SSSR count). The molecule has 1 N–H and O–H groups in total. The number of esters is 2. The van der Waals surface area contributed by atoms with Gasteiger partial charge in [0.2, 0.25) is 0 Å². The quantitative estimate of drug-likeness (QED) is 0.0373. The third-order valence-corrected chi connectivity index (χ3v) is 16.1. The van der Waals surface area contributed by atoms with Crippen LogP contribution in [0.5, 0.6) is 0 Å². The number of hydrogen-bond acceptors (Lipinski definition) is 5. The summed E-state index contributed by atoms with van der Waals surface area (Å²) < 4.78 is 10.8. The van der Waals surface area contributed by atoms with E-state index in [1.165, 1.54) is 212 Å². The molecule has 0 aliphatic rings. The highest BCUT2D eigenvalue weighted by atomic mass is 16.6. The second-order valence-electron chi connectivity index (χ2n) is 24.6. The van der Waals surface area contributed by atoms with E-state index in [2.05, 4.69) is 160 Å². The highest BCUT2D eigenvalue weighted by Crippen LogP contribution is 2.18. The Morgan fingerprint density at radius 2 is 0.489 bits per heavy atom. The fourth-order valence-electron chi connectivity index (χ4n) is 10.6. The summed E-state index contributed by atoms with van der Waals surface area (Å²) in [6.45, 7) is 4.04. The van der Waals surface area contributed by atoms with Crippen LogP contribution in [0.15, 0.2) is 146 Å². The van der Waals surface area contributed by atoms with Crippen molar-refractivity contribution < 1.29 is 24.2 Å². The molecule has 0 amide bonds. The molecule has 0 aromatic carbocycles. The number of rotatable bonds is 68. The molecule has 0 bridgehead atoms. The second-order valence-corrected chi connectivity index (χ2v) is 24.6. The molecule has 0 heterocycles. The number of ether oxygens (including phenoxy) is 2. The Balaban J connectivity index is 3.51. The van der Waals surface area contributed by atoms with E-state index in [-0.39, 0.29) is 25.2 Å². The van der Waals surface area contributed by atoms with Gasteiger partial charge in [-0.05, 0) is 122 Å². The maximum atomic E-state index is 12.4. The van der Waals surface area contributed by atoms with Crippen LogP contribution in [-0.2, 0) is 19.1 Å². The number of carbonyl (C=O) groups is 2. The van der Waals surface area contributed by atoms with Crippen molar-refractivity contribution in [3.63, 3.8) is 0 Å². The van der Waals surface area contributed by atoms with E-state index in [0.29, 0.717) is 12.8 Å². The van der Waals surface area contributed by atoms with Gasteiger partial charge in [0.1, 0.15) is 6.61 Å². The third kappa shape index (κ3) is 74.2. The molecule has 0 saturated carbocycles. The van der Waals surface area contributed by atoms with Crippen LogP contribution in [-0.4, -0.2) is 36.4 Å². The van der Waals surface area contributed by atoms with Crippen molar-refractivity contribution in [1.82, 2.24) is 0 Å². The molecule has 0 aliphatic carbocycles. The van der Waals surface area contributed by atoms with E-state index < -0.39 is 6.10 Å². The summed E-state index contributed by atoms with van der Waals surface area (Å²) in [6, 6.07) is 0. The van der Waals surface area contributed by atoms with Crippen molar-refractivity contribution in [3.05, 3.63) is 146 Å². The largest absolute Gasteiger partial charge is 0.462 e. The van der Waals surface area contributed by atoms with Crippen LogP contribution < -0.4 is 0 Å². The minimum Gasteiger partial charge on any atom is -0.462 e. The first-order chi connectivity index (χ1) is 43.6. The van der Waals surface area contributed by atoms with Gasteiger partial charge in [-0.15, -0.1) is 0 Å². The summed E-state index contributed by atoms with van der Waals surface area (Å²) in [4.78, 5) is 24.7. The average molecular weight is 1220 g/mol. The molecule has 88 heavy (non-hydrogen) atoms. The van der Waals surface area contributed by atoms with E-state index in [1.807, 2.05) is 0 Å². The second kappa shape index (κ2) is 77.0. The zero-order valence-corrected chi connectivity index (χ0v) is 57.7. The van der Waals surface area contributed by atoms with Gasteiger partial charge in [0, 0.05) is 12.8 Å². The maximum absolute atomic E-state index is 12.4. The van der Waals surface area contributed by atoms with Crippen molar-refractivity contribution in [2.24, 2.45) is 0 Å². The predicted molar refractivity (Wildman–Crippen MR) is 389 cm³/mol. The number of aliphatic hydroxyl groups is 1. The van der Waals surface area contributed by atoms with Crippen LogP contribution in [0, 0.1) is 0 Å². The lowest BCUT2D eigenvalue weighted by molar-refractivity contribution is -0.161. The minimum atomic E-state index is -0.784. The molecule has 5 heteroatoms. The van der Waals surface area contributed by atoms with Gasteiger partial charge in [0.05, 0.1) is 6.61 Å². The molecule has 0 aromatic rings. The van der Waals surface area contributed by atoms with Gasteiger partial charge >= 0.3 is 11.9 Å². The van der Waals surface area contributed by atoms with Gasteiger partial charge in [0.15, 0.2) is 6.10 Å². The predicted octanol–water partition coefficient (Wildman–Crippen LogP) is 26.4. The van der Waals surface area contributed by atoms with Gasteiger partial charge in [-0.25, -0.2) is 0 Å². The highest BCUT2D eigenvalue weighted by Gasteiger charge is 2.16. The van der Waals surface area contributed by atoms with Gasteiger partial charge in [0.25, 0.3) is 0 Å². The number of hydrogen-bond donors (Lipinski definition) is 1. The van der Waals surface area contributed by atoms with Crippen molar-refractivity contribution >= 4 is 11.9 Å². The standard InChI is InChI=1S/C83H140O5/c1-3-5-7-9-11-13-15-17-19-21-23-25-27-29-31-33-35-37-38-39-40-41-42-43-44-46-48-50-52-54-56-58-60-62-64-66-68-70-72-74-76-78-83(86)88-81(79-84)80-87-82(85)77-75-73-71-69-67-65-63-61-59-57-55-53-51-49-47-45-36-34-32-30-28-26-24-22-20-18-16-14-12-10-8-6-4-2/h5,7,11,13,16-19,22-25,29,31,35,37,39-40,42-43,46,48,52,54,81,84H,3-4,6,8-10,12,14-15,20-21,26-28,30,32-34,36,38,41,44-45,47,49-51,53,55-80H2,1-2H3/b7-5-,13-11-,18-16-,19-17-,24-22-,25-23-,31-29-,37-35-,40-39-,43-42-,48-46-,54-52-. The van der Waals surface area contributed by atoms with Crippen LogP contribution in [0.3, 0.4) is 0 Å². The zero-order chi connectivity index (χ0) is 63.3. The van der Waals surface area contributed by atoms with Crippen LogP contribution >= 0.6 is 0 Å². The van der Waals surface area contributed by atoms with Gasteiger partial charge in [-0.3, -0.25) is 9.59 Å². The van der Waals surface area contributed by atoms with Crippen LogP contribution in [0.2, 0.25) is 0 Å². The Morgan fingerprint density at radius 1 is 0.273 bits per heavy atom. The monoisotopic (exact) mass is 1220 g/mol. The summed E-state index contributed by atoms with van der Waals surface area (Å²) in [7, 11) is 0. The fourth-order valence-corrected chi connectivity index (χ4v) is 10.6. The molecule has 5 nitrogen and oxygen atoms in total. The van der Waals surface area contributed by atoms with Crippen molar-refractivity contribution in [2.75, 3.05) is 13.2 Å². The molecular formula is C83H140O5. The van der Waals surface area contributed by atoms with Crippen LogP contribution in [0.1, 0.15) is 348 Å². The van der Waals surface area contributed by atoms with Crippen molar-refractivity contribution in [3.8, 4) is 0 Å². The molecule has 0 fully saturated rings. The van der Waals surface area contributed by atoms with E-state index in [1.54, 1.807) is 0 Å². The summed E-state index contributed by atoms with van der Waals surface area (Å²) in [6.07, 6.45) is 116. The molecule has 0 saturated heterocycles. The molecule has 0 aromatic heterocycles. The Hall–Kier alpha value is -4.22. The molecule has 0 radical (unpaired) electrons. The first-order valence-corrected chi connectivity index (χ1v) is 37.4. The average Bonchev–Trinajstić information content (AvgIpc) is 3.56. The summed E-state index contributed by atoms with van der Waals surface area (Å²) in [5, 5.41) is 9.72. The minimum absolute atomic E-state index is 0.0710. The van der Waals surface area contributed by atoms with E-state index in [0.717, 1.165) is 109 Å². The highest BCUT2D eigenvalue weighted by molar-refractivity contribution is 5.70. The van der Waals surface area contributed by atoms with E-state index in [4.69, 9.17) is 9.47 Å². The number of carbonyl (C=O) groups excluding carboxylic acids is 2. The molecule has 1 atom stereocenters. The van der Waals surface area contributed by atoms with Gasteiger partial charge in [-0.1, -0.05) is 359 Å². The molecule has 1 unspecified atom stereocenters.